The van der Waals surface area contributed by atoms with Crippen LogP contribution in [0.4, 0.5) is 0 Å². The molecule has 1 aromatic heterocycles. The molecular weight excluding hydrogens is 198 g/mol. The zero-order valence-corrected chi connectivity index (χ0v) is 8.82. The number of rotatable bonds is 4. The van der Waals surface area contributed by atoms with Crippen molar-refractivity contribution in [3.05, 3.63) is 23.7 Å². The number of nitrogens with two attached hydrogens (primary N) is 1. The number of aliphatic hydroxyl groups is 1. The molecule has 1 aromatic rings. The summed E-state index contributed by atoms with van der Waals surface area (Å²) in [5, 5.41) is 9.00. The van der Waals surface area contributed by atoms with E-state index in [1.54, 1.807) is 19.9 Å². The van der Waals surface area contributed by atoms with Gasteiger partial charge in [0.2, 0.25) is 5.76 Å². The zero-order chi connectivity index (χ0) is 11.5. The van der Waals surface area contributed by atoms with Gasteiger partial charge in [0.15, 0.2) is 0 Å². The Hall–Kier alpha value is -1.33. The van der Waals surface area contributed by atoms with E-state index in [1.807, 2.05) is 0 Å². The number of ether oxygens (including phenoxy) is 1. The number of carbonyl (C=O) groups excluding carboxylic acids is 1. The molecule has 0 radical (unpaired) electrons. The van der Waals surface area contributed by atoms with Gasteiger partial charge >= 0.3 is 5.97 Å². The first-order valence-electron chi connectivity index (χ1n) is 4.68. The minimum atomic E-state index is -0.981. The van der Waals surface area contributed by atoms with E-state index in [4.69, 9.17) is 20.0 Å². The Morgan fingerprint density at radius 1 is 1.67 bits per heavy atom. The summed E-state index contributed by atoms with van der Waals surface area (Å²) in [4.78, 5) is 11.3. The van der Waals surface area contributed by atoms with Crippen LogP contribution in [-0.4, -0.2) is 24.3 Å². The Morgan fingerprint density at radius 2 is 2.33 bits per heavy atom. The predicted octanol–water partition coefficient (Wildman–Crippen LogP) is 0.623. The lowest BCUT2D eigenvalue weighted by molar-refractivity contribution is 0.0483. The van der Waals surface area contributed by atoms with E-state index in [0.717, 1.165) is 0 Å². The second kappa shape index (κ2) is 4.46. The average Bonchev–Trinajstić information content (AvgIpc) is 2.67. The molecule has 84 valence electrons. The monoisotopic (exact) mass is 213 g/mol. The van der Waals surface area contributed by atoms with Crippen LogP contribution < -0.4 is 5.73 Å². The van der Waals surface area contributed by atoms with Crippen LogP contribution in [0.3, 0.4) is 0 Å². The van der Waals surface area contributed by atoms with Crippen LogP contribution in [0.25, 0.3) is 0 Å². The summed E-state index contributed by atoms with van der Waals surface area (Å²) in [6, 6.07) is 3.04. The fourth-order valence-corrected chi connectivity index (χ4v) is 1.03. The van der Waals surface area contributed by atoms with Crippen LogP contribution in [0.1, 0.15) is 30.2 Å². The zero-order valence-electron chi connectivity index (χ0n) is 8.82. The first-order chi connectivity index (χ1) is 7.01. The van der Waals surface area contributed by atoms with E-state index in [2.05, 4.69) is 0 Å². The van der Waals surface area contributed by atoms with Gasteiger partial charge in [0.05, 0.1) is 18.8 Å². The van der Waals surface area contributed by atoms with Crippen molar-refractivity contribution >= 4 is 5.97 Å². The van der Waals surface area contributed by atoms with E-state index < -0.39 is 11.5 Å². The Morgan fingerprint density at radius 3 is 2.87 bits per heavy atom. The molecule has 1 rings (SSSR count). The summed E-state index contributed by atoms with van der Waals surface area (Å²) in [5.74, 6) is -0.0810. The maximum Gasteiger partial charge on any atom is 0.374 e. The summed E-state index contributed by atoms with van der Waals surface area (Å²) in [7, 11) is 0. The minimum absolute atomic E-state index is 0.0944. The SMILES string of the molecule is CCOC(=O)c1ccc(C(C)(N)CO)o1. The summed E-state index contributed by atoms with van der Waals surface area (Å²) in [6.07, 6.45) is 0. The van der Waals surface area contributed by atoms with Crippen molar-refractivity contribution in [1.82, 2.24) is 0 Å². The normalized spacial score (nSPS) is 14.7. The highest BCUT2D eigenvalue weighted by atomic mass is 16.5. The molecule has 5 heteroatoms. The van der Waals surface area contributed by atoms with Crippen LogP contribution >= 0.6 is 0 Å². The van der Waals surface area contributed by atoms with E-state index in [1.165, 1.54) is 6.07 Å². The molecule has 5 nitrogen and oxygen atoms in total. The molecule has 0 aliphatic carbocycles. The lowest BCUT2D eigenvalue weighted by Crippen LogP contribution is -2.36. The molecule has 0 aromatic carbocycles. The smallest absolute Gasteiger partial charge is 0.374 e. The predicted molar refractivity (Wildman–Crippen MR) is 53.3 cm³/mol. The Kier molecular flexibility index (Phi) is 3.49. The summed E-state index contributed by atoms with van der Waals surface area (Å²) >= 11 is 0. The third-order valence-electron chi connectivity index (χ3n) is 1.97. The fourth-order valence-electron chi connectivity index (χ4n) is 1.03. The van der Waals surface area contributed by atoms with Gasteiger partial charge in [0.25, 0.3) is 0 Å². The molecule has 0 bridgehead atoms. The van der Waals surface area contributed by atoms with Crippen molar-refractivity contribution in [2.75, 3.05) is 13.2 Å². The molecule has 0 saturated carbocycles. The number of esters is 1. The maximum absolute atomic E-state index is 11.3. The van der Waals surface area contributed by atoms with Crippen molar-refractivity contribution in [3.8, 4) is 0 Å². The molecule has 15 heavy (non-hydrogen) atoms. The van der Waals surface area contributed by atoms with Gasteiger partial charge in [-0.05, 0) is 26.0 Å². The van der Waals surface area contributed by atoms with E-state index in [9.17, 15) is 4.79 Å². The van der Waals surface area contributed by atoms with Crippen molar-refractivity contribution in [1.29, 1.82) is 0 Å². The van der Waals surface area contributed by atoms with Gasteiger partial charge in [0, 0.05) is 0 Å². The van der Waals surface area contributed by atoms with Crippen molar-refractivity contribution in [2.45, 2.75) is 19.4 Å². The third kappa shape index (κ3) is 2.57. The first kappa shape index (κ1) is 11.7. The third-order valence-corrected chi connectivity index (χ3v) is 1.97. The quantitative estimate of drug-likeness (QED) is 0.716. The number of hydrogen-bond acceptors (Lipinski definition) is 5. The maximum atomic E-state index is 11.3. The van der Waals surface area contributed by atoms with Gasteiger partial charge < -0.3 is 20.0 Å². The van der Waals surface area contributed by atoms with Gasteiger partial charge in [-0.25, -0.2) is 4.79 Å². The summed E-state index contributed by atoms with van der Waals surface area (Å²) in [6.45, 7) is 3.35. The van der Waals surface area contributed by atoms with Crippen LogP contribution in [0, 0.1) is 0 Å². The standard InChI is InChI=1S/C10H15NO4/c1-3-14-9(13)7-4-5-8(15-7)10(2,11)6-12/h4-5,12H,3,6,11H2,1-2H3. The highest BCUT2D eigenvalue weighted by molar-refractivity contribution is 5.86. The summed E-state index contributed by atoms with van der Waals surface area (Å²) in [5.41, 5.74) is 4.75. The number of carbonyl (C=O) groups is 1. The molecule has 0 aliphatic heterocycles. The van der Waals surface area contributed by atoms with Gasteiger partial charge in [-0.2, -0.15) is 0 Å². The molecule has 0 amide bonds. The molecular formula is C10H15NO4. The van der Waals surface area contributed by atoms with Crippen molar-refractivity contribution < 1.29 is 19.1 Å². The van der Waals surface area contributed by atoms with Crippen LogP contribution in [0.2, 0.25) is 0 Å². The molecule has 0 aliphatic rings. The highest BCUT2D eigenvalue weighted by Crippen LogP contribution is 2.20. The van der Waals surface area contributed by atoms with Gasteiger partial charge in [0.1, 0.15) is 5.76 Å². The van der Waals surface area contributed by atoms with E-state index in [0.29, 0.717) is 5.76 Å². The molecule has 0 saturated heterocycles. The minimum Gasteiger partial charge on any atom is -0.460 e. The van der Waals surface area contributed by atoms with Crippen LogP contribution in [0.5, 0.6) is 0 Å². The molecule has 1 heterocycles. The molecule has 1 atom stereocenters. The van der Waals surface area contributed by atoms with Gasteiger partial charge in [-0.1, -0.05) is 0 Å². The number of hydrogen-bond donors (Lipinski definition) is 2. The van der Waals surface area contributed by atoms with Crippen LogP contribution in [-0.2, 0) is 10.3 Å². The average molecular weight is 213 g/mol. The Balaban J connectivity index is 2.85. The Labute approximate surface area is 87.8 Å². The van der Waals surface area contributed by atoms with Crippen LogP contribution in [0.15, 0.2) is 16.5 Å². The lowest BCUT2D eigenvalue weighted by atomic mass is 10.0. The second-order valence-corrected chi connectivity index (χ2v) is 3.46. The molecule has 0 spiro atoms. The van der Waals surface area contributed by atoms with E-state index >= 15 is 0 Å². The van der Waals surface area contributed by atoms with Crippen molar-refractivity contribution in [2.24, 2.45) is 5.73 Å². The molecule has 0 fully saturated rings. The van der Waals surface area contributed by atoms with Gasteiger partial charge in [-0.15, -0.1) is 0 Å². The van der Waals surface area contributed by atoms with Gasteiger partial charge in [-0.3, -0.25) is 0 Å². The second-order valence-electron chi connectivity index (χ2n) is 3.46. The van der Waals surface area contributed by atoms with Crippen molar-refractivity contribution in [3.63, 3.8) is 0 Å². The largest absolute Gasteiger partial charge is 0.460 e. The van der Waals surface area contributed by atoms with E-state index in [-0.39, 0.29) is 19.0 Å². The lowest BCUT2D eigenvalue weighted by Gasteiger charge is -2.17. The Bertz CT molecular complexity index is 343. The fraction of sp³-hybridized carbons (Fsp3) is 0.500. The molecule has 3 N–H and O–H groups in total. The molecule has 1 unspecified atom stereocenters. The highest BCUT2D eigenvalue weighted by Gasteiger charge is 2.25. The number of furan rings is 1. The topological polar surface area (TPSA) is 85.7 Å². The summed E-state index contributed by atoms with van der Waals surface area (Å²) < 4.78 is 9.95. The first-order valence-corrected chi connectivity index (χ1v) is 4.68. The number of aliphatic hydroxyl groups excluding tert-OH is 1.